The van der Waals surface area contributed by atoms with Crippen molar-refractivity contribution in [3.05, 3.63) is 72.4 Å². The van der Waals surface area contributed by atoms with Crippen molar-refractivity contribution in [1.82, 2.24) is 14.2 Å². The van der Waals surface area contributed by atoms with Crippen molar-refractivity contribution in [2.75, 3.05) is 54.9 Å². The van der Waals surface area contributed by atoms with Crippen LogP contribution in [0.4, 0.5) is 36.1 Å². The second-order valence-electron chi connectivity index (χ2n) is 10.2. The molecular formula is C28H31F3N6O3S. The molecule has 218 valence electrons. The number of carbonyl (C=O) groups is 1. The number of halogens is 3. The molecule has 1 N–H and O–H groups in total. The van der Waals surface area contributed by atoms with Crippen molar-refractivity contribution in [2.24, 2.45) is 0 Å². The van der Waals surface area contributed by atoms with E-state index in [1.165, 1.54) is 21.3 Å². The van der Waals surface area contributed by atoms with Crippen LogP contribution in [-0.2, 0) is 21.4 Å². The minimum atomic E-state index is -4.33. The van der Waals surface area contributed by atoms with Gasteiger partial charge in [0.2, 0.25) is 15.9 Å². The van der Waals surface area contributed by atoms with Gasteiger partial charge in [0.05, 0.1) is 29.0 Å². The summed E-state index contributed by atoms with van der Waals surface area (Å²) in [4.78, 5) is 22.2. The van der Waals surface area contributed by atoms with Crippen LogP contribution in [0.5, 0.6) is 0 Å². The number of alkyl halides is 3. The maximum Gasteiger partial charge on any atom is 0.401 e. The van der Waals surface area contributed by atoms with Gasteiger partial charge in [-0.3, -0.25) is 9.69 Å². The van der Waals surface area contributed by atoms with Crippen molar-refractivity contribution in [1.29, 1.82) is 0 Å². The number of hydrogen-bond donors (Lipinski definition) is 1. The lowest BCUT2D eigenvalue weighted by molar-refractivity contribution is -0.148. The minimum Gasteiger partial charge on any atom is -0.354 e. The number of carbonyl (C=O) groups excluding carboxylic acids is 1. The SMILES string of the molecule is CC1C(=O)N(C)c2cnc(Nc3cccc(S(=O)(=O)N4CCN(CC(F)(F)F)CC4)c3)cc2N1Cc1ccccc1. The van der Waals surface area contributed by atoms with Crippen LogP contribution in [0.2, 0.25) is 0 Å². The van der Waals surface area contributed by atoms with E-state index >= 15 is 0 Å². The smallest absolute Gasteiger partial charge is 0.354 e. The largest absolute Gasteiger partial charge is 0.401 e. The molecule has 1 atom stereocenters. The van der Waals surface area contributed by atoms with E-state index in [4.69, 9.17) is 0 Å². The zero-order chi connectivity index (χ0) is 29.4. The molecule has 13 heteroatoms. The monoisotopic (exact) mass is 588 g/mol. The Labute approximate surface area is 237 Å². The second-order valence-corrected chi connectivity index (χ2v) is 12.1. The second kappa shape index (κ2) is 11.3. The number of amides is 1. The number of hydrogen-bond acceptors (Lipinski definition) is 7. The number of piperazine rings is 1. The fraction of sp³-hybridized carbons (Fsp3) is 0.357. The molecule has 1 saturated heterocycles. The van der Waals surface area contributed by atoms with E-state index in [1.807, 2.05) is 48.2 Å². The molecule has 2 aliphatic rings. The summed E-state index contributed by atoms with van der Waals surface area (Å²) >= 11 is 0. The first kappa shape index (κ1) is 28.8. The maximum atomic E-state index is 13.3. The number of nitrogens with one attached hydrogen (secondary N) is 1. The highest BCUT2D eigenvalue weighted by Gasteiger charge is 2.36. The van der Waals surface area contributed by atoms with Crippen molar-refractivity contribution in [3.8, 4) is 0 Å². The van der Waals surface area contributed by atoms with E-state index < -0.39 is 28.8 Å². The Bertz CT molecular complexity index is 1510. The first-order valence-corrected chi connectivity index (χ1v) is 14.6. The summed E-state index contributed by atoms with van der Waals surface area (Å²) in [7, 11) is -2.20. The van der Waals surface area contributed by atoms with E-state index in [1.54, 1.807) is 30.3 Å². The molecule has 5 rings (SSSR count). The lowest BCUT2D eigenvalue weighted by Gasteiger charge is -2.40. The Balaban J connectivity index is 1.35. The van der Waals surface area contributed by atoms with Gasteiger partial charge in [-0.05, 0) is 30.7 Å². The molecule has 0 aliphatic carbocycles. The van der Waals surface area contributed by atoms with Crippen LogP contribution in [0.1, 0.15) is 12.5 Å². The third-order valence-corrected chi connectivity index (χ3v) is 9.26. The molecule has 9 nitrogen and oxygen atoms in total. The number of aromatic nitrogens is 1. The lowest BCUT2D eigenvalue weighted by atomic mass is 10.1. The molecule has 1 aromatic heterocycles. The van der Waals surface area contributed by atoms with Crippen molar-refractivity contribution >= 4 is 38.8 Å². The molecule has 0 saturated carbocycles. The average Bonchev–Trinajstić information content (AvgIpc) is 2.94. The zero-order valence-corrected chi connectivity index (χ0v) is 23.5. The Morgan fingerprint density at radius 1 is 0.976 bits per heavy atom. The molecule has 0 radical (unpaired) electrons. The van der Waals surface area contributed by atoms with Gasteiger partial charge in [0.1, 0.15) is 11.9 Å². The minimum absolute atomic E-state index is 0.00454. The third kappa shape index (κ3) is 6.31. The third-order valence-electron chi connectivity index (χ3n) is 7.36. The average molecular weight is 589 g/mol. The number of likely N-dealkylation sites (N-methyl/N-ethyl adjacent to an activating group) is 1. The van der Waals surface area contributed by atoms with Crippen LogP contribution >= 0.6 is 0 Å². The Morgan fingerprint density at radius 2 is 1.68 bits per heavy atom. The van der Waals surface area contributed by atoms with Gasteiger partial charge < -0.3 is 15.1 Å². The van der Waals surface area contributed by atoms with Crippen molar-refractivity contribution in [2.45, 2.75) is 30.6 Å². The Kier molecular flexibility index (Phi) is 7.95. The molecule has 1 fully saturated rings. The topological polar surface area (TPSA) is 89.1 Å². The first-order chi connectivity index (χ1) is 19.4. The lowest BCUT2D eigenvalue weighted by Crippen LogP contribution is -2.50. The number of sulfonamides is 1. The normalized spacial score (nSPS) is 18.9. The van der Waals surface area contributed by atoms with E-state index in [-0.39, 0.29) is 37.0 Å². The van der Waals surface area contributed by atoms with Crippen LogP contribution in [0.25, 0.3) is 0 Å². The van der Waals surface area contributed by atoms with Crippen molar-refractivity contribution < 1.29 is 26.4 Å². The summed E-state index contributed by atoms with van der Waals surface area (Å²) in [6.45, 7) is 1.28. The van der Waals surface area contributed by atoms with Gasteiger partial charge in [-0.2, -0.15) is 17.5 Å². The number of rotatable bonds is 7. The summed E-state index contributed by atoms with van der Waals surface area (Å²) in [6.07, 6.45) is -2.71. The molecule has 1 unspecified atom stereocenters. The summed E-state index contributed by atoms with van der Waals surface area (Å²) in [5, 5.41) is 3.17. The summed E-state index contributed by atoms with van der Waals surface area (Å²) < 4.78 is 66.0. The molecule has 0 bridgehead atoms. The van der Waals surface area contributed by atoms with Crippen LogP contribution in [0, 0.1) is 0 Å². The van der Waals surface area contributed by atoms with Gasteiger partial charge in [-0.25, -0.2) is 13.4 Å². The zero-order valence-electron chi connectivity index (χ0n) is 22.7. The number of pyridine rings is 1. The molecule has 3 heterocycles. The van der Waals surface area contributed by atoms with E-state index in [9.17, 15) is 26.4 Å². The predicted octanol–water partition coefficient (Wildman–Crippen LogP) is 4.07. The number of nitrogens with zero attached hydrogens (tertiary/aromatic N) is 5. The van der Waals surface area contributed by atoms with Crippen molar-refractivity contribution in [3.63, 3.8) is 0 Å². The standard InChI is InChI=1S/C28H31F3N6O3S/c1-20-27(38)34(2)25-17-32-26(16-24(25)37(20)18-21-7-4-3-5-8-21)33-22-9-6-10-23(15-22)41(39,40)36-13-11-35(12-14-36)19-28(29,30)31/h3-10,15-17,20H,11-14,18-19H2,1-2H3,(H,32,33). The van der Waals surface area contributed by atoms with E-state index in [0.717, 1.165) is 11.3 Å². The van der Waals surface area contributed by atoms with Gasteiger partial charge in [0.15, 0.2) is 0 Å². The summed E-state index contributed by atoms with van der Waals surface area (Å²) in [6, 6.07) is 17.5. The molecule has 3 aromatic rings. The highest BCUT2D eigenvalue weighted by Crippen LogP contribution is 2.38. The van der Waals surface area contributed by atoms with Gasteiger partial charge in [0, 0.05) is 51.5 Å². The van der Waals surface area contributed by atoms with Crippen LogP contribution < -0.4 is 15.1 Å². The number of benzene rings is 2. The first-order valence-electron chi connectivity index (χ1n) is 13.2. The predicted molar refractivity (Wildman–Crippen MR) is 151 cm³/mol. The highest BCUT2D eigenvalue weighted by molar-refractivity contribution is 7.89. The van der Waals surface area contributed by atoms with Gasteiger partial charge in [-0.15, -0.1) is 0 Å². The van der Waals surface area contributed by atoms with Crippen LogP contribution in [-0.4, -0.2) is 80.5 Å². The number of anilines is 4. The molecule has 2 aromatic carbocycles. The van der Waals surface area contributed by atoms with Gasteiger partial charge >= 0.3 is 6.18 Å². The van der Waals surface area contributed by atoms with Gasteiger partial charge in [0.25, 0.3) is 0 Å². The number of fused-ring (bicyclic) bond motifs is 1. The fourth-order valence-corrected chi connectivity index (χ4v) is 6.62. The van der Waals surface area contributed by atoms with Crippen LogP contribution in [0.15, 0.2) is 71.8 Å². The molecule has 41 heavy (non-hydrogen) atoms. The molecule has 0 spiro atoms. The maximum absolute atomic E-state index is 13.3. The Hall–Kier alpha value is -3.68. The fourth-order valence-electron chi connectivity index (χ4n) is 5.15. The quantitative estimate of drug-likeness (QED) is 0.445. The molecule has 1 amide bonds. The highest BCUT2D eigenvalue weighted by atomic mass is 32.2. The summed E-state index contributed by atoms with van der Waals surface area (Å²) in [5.74, 6) is 0.417. The Morgan fingerprint density at radius 3 is 2.37 bits per heavy atom. The molecule has 2 aliphatic heterocycles. The van der Waals surface area contributed by atoms with E-state index in [0.29, 0.717) is 23.7 Å². The van der Waals surface area contributed by atoms with Crippen LogP contribution in [0.3, 0.4) is 0 Å². The summed E-state index contributed by atoms with van der Waals surface area (Å²) in [5.41, 5.74) is 3.00. The molecular weight excluding hydrogens is 557 g/mol. The van der Waals surface area contributed by atoms with E-state index in [2.05, 4.69) is 10.3 Å². The van der Waals surface area contributed by atoms with Gasteiger partial charge in [-0.1, -0.05) is 36.4 Å².